The lowest BCUT2D eigenvalue weighted by atomic mass is 10.2. The second kappa shape index (κ2) is 2.60. The van der Waals surface area contributed by atoms with E-state index in [1.165, 1.54) is 11.6 Å². The van der Waals surface area contributed by atoms with Crippen molar-refractivity contribution in [3.63, 3.8) is 0 Å². The first-order valence-electron chi connectivity index (χ1n) is 2.39. The number of hydrogen-bond acceptors (Lipinski definition) is 1. The molecule has 42 valence electrons. The van der Waals surface area contributed by atoms with Crippen LogP contribution in [0.2, 0.25) is 6.82 Å². The van der Waals surface area contributed by atoms with Crippen LogP contribution in [0.3, 0.4) is 0 Å². The summed E-state index contributed by atoms with van der Waals surface area (Å²) < 4.78 is 12.4. The summed E-state index contributed by atoms with van der Waals surface area (Å²) in [5.74, 6) is 0. The standard InChI is InChI=1S/C4H10BFS/c1-4(2,6)7-5-3/h5H,1-3H3. The quantitative estimate of drug-likeness (QED) is 0.501. The predicted molar refractivity (Wildman–Crippen MR) is 35.8 cm³/mol. The second-order valence-corrected chi connectivity index (χ2v) is 3.63. The molecule has 0 unspecified atom stereocenters. The molecule has 0 atom stereocenters. The van der Waals surface area contributed by atoms with Crippen LogP contribution >= 0.6 is 11.6 Å². The highest BCUT2D eigenvalue weighted by molar-refractivity contribution is 8.23. The predicted octanol–water partition coefficient (Wildman–Crippen LogP) is 1.82. The monoisotopic (exact) mass is 120 g/mol. The molecule has 0 aromatic carbocycles. The maximum Gasteiger partial charge on any atom is 0.192 e. The van der Waals surface area contributed by atoms with Crippen LogP contribution in [-0.2, 0) is 0 Å². The van der Waals surface area contributed by atoms with E-state index in [0.717, 1.165) is 6.56 Å². The van der Waals surface area contributed by atoms with E-state index < -0.39 is 5.00 Å². The SMILES string of the molecule is CBSC(C)(C)F. The second-order valence-electron chi connectivity index (χ2n) is 1.80. The summed E-state index contributed by atoms with van der Waals surface area (Å²) in [5, 5.41) is -1.03. The smallest absolute Gasteiger partial charge is 0.192 e. The number of halogens is 1. The van der Waals surface area contributed by atoms with Crippen molar-refractivity contribution in [3.05, 3.63) is 0 Å². The molecule has 0 radical (unpaired) electrons. The van der Waals surface area contributed by atoms with Crippen LogP contribution in [0.25, 0.3) is 0 Å². The van der Waals surface area contributed by atoms with Gasteiger partial charge in [0.25, 0.3) is 0 Å². The Hall–Kier alpha value is 0.345. The van der Waals surface area contributed by atoms with E-state index in [9.17, 15) is 4.39 Å². The first kappa shape index (κ1) is 7.34. The van der Waals surface area contributed by atoms with Crippen LogP contribution in [0, 0.1) is 0 Å². The molecular weight excluding hydrogens is 110 g/mol. The number of alkyl halides is 1. The van der Waals surface area contributed by atoms with Crippen molar-refractivity contribution >= 4 is 18.2 Å². The summed E-state index contributed by atoms with van der Waals surface area (Å²) in [6.45, 7) is 5.94. The first-order valence-corrected chi connectivity index (χ1v) is 3.37. The van der Waals surface area contributed by atoms with Crippen molar-refractivity contribution < 1.29 is 4.39 Å². The molecule has 0 aromatic heterocycles. The summed E-state index contributed by atoms with van der Waals surface area (Å²) in [6.07, 6.45) is 0. The molecule has 7 heavy (non-hydrogen) atoms. The first-order chi connectivity index (χ1) is 3.06. The van der Waals surface area contributed by atoms with Crippen molar-refractivity contribution in [1.82, 2.24) is 0 Å². The molecule has 0 N–H and O–H groups in total. The van der Waals surface area contributed by atoms with Gasteiger partial charge < -0.3 is 0 Å². The van der Waals surface area contributed by atoms with Crippen LogP contribution in [0.1, 0.15) is 13.8 Å². The van der Waals surface area contributed by atoms with E-state index in [-0.39, 0.29) is 0 Å². The third-order valence-corrected chi connectivity index (χ3v) is 1.46. The van der Waals surface area contributed by atoms with Crippen molar-refractivity contribution in [1.29, 1.82) is 0 Å². The third kappa shape index (κ3) is 6.34. The van der Waals surface area contributed by atoms with Gasteiger partial charge in [0.05, 0.1) is 0 Å². The van der Waals surface area contributed by atoms with Gasteiger partial charge >= 0.3 is 0 Å². The Labute approximate surface area is 49.0 Å². The number of hydrogen-bond donors (Lipinski definition) is 0. The topological polar surface area (TPSA) is 0 Å². The fourth-order valence-corrected chi connectivity index (χ4v) is 1.03. The zero-order valence-electron chi connectivity index (χ0n) is 4.99. The Morgan fingerprint density at radius 1 is 1.57 bits per heavy atom. The summed E-state index contributed by atoms with van der Waals surface area (Å²) in [6, 6.07) is 0. The van der Waals surface area contributed by atoms with Crippen LogP contribution < -0.4 is 0 Å². The lowest BCUT2D eigenvalue weighted by molar-refractivity contribution is 0.348. The molecule has 0 rings (SSSR count). The van der Waals surface area contributed by atoms with Gasteiger partial charge in [-0.05, 0) is 13.8 Å². The van der Waals surface area contributed by atoms with Crippen LogP contribution in [0.15, 0.2) is 0 Å². The lowest BCUT2D eigenvalue weighted by Gasteiger charge is -2.09. The minimum absolute atomic E-state index is 0.851. The van der Waals surface area contributed by atoms with Gasteiger partial charge in [0.1, 0.15) is 5.00 Å². The fraction of sp³-hybridized carbons (Fsp3) is 1.00. The normalized spacial score (nSPS) is 11.4. The zero-order valence-corrected chi connectivity index (χ0v) is 5.81. The molecule has 0 aliphatic carbocycles. The Morgan fingerprint density at radius 2 is 2.00 bits per heavy atom. The van der Waals surface area contributed by atoms with Crippen LogP contribution in [0.5, 0.6) is 0 Å². The van der Waals surface area contributed by atoms with E-state index in [1.54, 1.807) is 13.8 Å². The molecule has 0 saturated heterocycles. The minimum Gasteiger partial charge on any atom is -0.234 e. The van der Waals surface area contributed by atoms with Crippen LogP contribution in [0.4, 0.5) is 4.39 Å². The Kier molecular flexibility index (Phi) is 2.73. The highest BCUT2D eigenvalue weighted by Gasteiger charge is 2.12. The molecule has 0 aliphatic heterocycles. The van der Waals surface area contributed by atoms with Gasteiger partial charge in [-0.3, -0.25) is 0 Å². The summed E-state index contributed by atoms with van der Waals surface area (Å²) in [7, 11) is 0. The van der Waals surface area contributed by atoms with E-state index in [1.807, 2.05) is 6.82 Å². The molecule has 0 amide bonds. The third-order valence-electron chi connectivity index (χ3n) is 0.488. The van der Waals surface area contributed by atoms with E-state index >= 15 is 0 Å². The molecule has 3 heteroatoms. The molecule has 0 aliphatic rings. The van der Waals surface area contributed by atoms with Gasteiger partial charge in [-0.1, -0.05) is 6.82 Å². The average Bonchev–Trinajstić information content (AvgIpc) is 1.30. The van der Waals surface area contributed by atoms with Gasteiger partial charge in [0, 0.05) is 0 Å². The highest BCUT2D eigenvalue weighted by Crippen LogP contribution is 2.23. The van der Waals surface area contributed by atoms with Gasteiger partial charge in [0.15, 0.2) is 6.56 Å². The molecule has 0 nitrogen and oxygen atoms in total. The molecule has 0 saturated carbocycles. The lowest BCUT2D eigenvalue weighted by Crippen LogP contribution is -2.05. The Bertz CT molecular complexity index is 50.1. The maximum absolute atomic E-state index is 12.4. The maximum atomic E-state index is 12.4. The number of rotatable bonds is 2. The molecular formula is C4H10BFS. The van der Waals surface area contributed by atoms with Gasteiger partial charge in [-0.2, -0.15) is 11.6 Å². The molecule has 0 fully saturated rings. The van der Waals surface area contributed by atoms with Gasteiger partial charge in [0.2, 0.25) is 0 Å². The average molecular weight is 120 g/mol. The summed E-state index contributed by atoms with van der Waals surface area (Å²) in [5.41, 5.74) is 0. The van der Waals surface area contributed by atoms with Crippen molar-refractivity contribution in [2.45, 2.75) is 25.7 Å². The van der Waals surface area contributed by atoms with E-state index in [0.29, 0.717) is 0 Å². The molecule has 0 heterocycles. The van der Waals surface area contributed by atoms with E-state index in [2.05, 4.69) is 0 Å². The molecule has 0 bridgehead atoms. The summed E-state index contributed by atoms with van der Waals surface area (Å²) in [4.78, 5) is 0. The largest absolute Gasteiger partial charge is 0.234 e. The molecule has 0 aromatic rings. The summed E-state index contributed by atoms with van der Waals surface area (Å²) >= 11 is 1.32. The van der Waals surface area contributed by atoms with Gasteiger partial charge in [-0.25, -0.2) is 4.39 Å². The minimum atomic E-state index is -1.03. The van der Waals surface area contributed by atoms with Crippen LogP contribution in [-0.4, -0.2) is 11.6 Å². The van der Waals surface area contributed by atoms with Crippen molar-refractivity contribution in [2.75, 3.05) is 0 Å². The fourth-order valence-electron chi connectivity index (χ4n) is 0.343. The molecule has 0 spiro atoms. The Morgan fingerprint density at radius 3 is 2.00 bits per heavy atom. The van der Waals surface area contributed by atoms with Crippen molar-refractivity contribution in [2.24, 2.45) is 0 Å². The van der Waals surface area contributed by atoms with E-state index in [4.69, 9.17) is 0 Å². The van der Waals surface area contributed by atoms with Crippen molar-refractivity contribution in [3.8, 4) is 0 Å². The van der Waals surface area contributed by atoms with Gasteiger partial charge in [-0.15, -0.1) is 0 Å². The Balaban J connectivity index is 3.15. The zero-order chi connectivity index (χ0) is 5.91. The highest BCUT2D eigenvalue weighted by atomic mass is 32.2.